The van der Waals surface area contributed by atoms with Crippen LogP contribution < -0.4 is 14.8 Å². The molecule has 1 aliphatic heterocycles. The van der Waals surface area contributed by atoms with Crippen LogP contribution in [0.15, 0.2) is 42.6 Å². The highest BCUT2D eigenvalue weighted by Gasteiger charge is 2.32. The number of thiocarbonyl (C=S) groups is 1. The van der Waals surface area contributed by atoms with E-state index >= 15 is 0 Å². The van der Waals surface area contributed by atoms with Crippen molar-refractivity contribution in [2.45, 2.75) is 6.61 Å². The van der Waals surface area contributed by atoms with E-state index in [4.69, 9.17) is 33.3 Å². The lowest BCUT2D eigenvalue weighted by molar-refractivity contribution is -0.128. The summed E-state index contributed by atoms with van der Waals surface area (Å²) in [6.07, 6.45) is 4.65. The monoisotopic (exact) mass is 449 g/mol. The third kappa shape index (κ3) is 4.81. The van der Waals surface area contributed by atoms with Gasteiger partial charge in [0.2, 0.25) is 0 Å². The van der Waals surface area contributed by atoms with Gasteiger partial charge in [0, 0.05) is 12.7 Å². The van der Waals surface area contributed by atoms with Crippen molar-refractivity contribution in [2.75, 3.05) is 13.7 Å². The molecule has 0 radical (unpaired) electrons. The summed E-state index contributed by atoms with van der Waals surface area (Å²) < 4.78 is 11.6. The van der Waals surface area contributed by atoms with Gasteiger partial charge < -0.3 is 9.47 Å². The number of nitrogens with one attached hydrogen (secondary N) is 1. The van der Waals surface area contributed by atoms with E-state index in [-0.39, 0.29) is 23.8 Å². The Balaban J connectivity index is 1.83. The first-order valence-corrected chi connectivity index (χ1v) is 9.94. The summed E-state index contributed by atoms with van der Waals surface area (Å²) in [4.78, 5) is 31.0. The fraction of sp³-hybridized carbons (Fsp3) is 0.158. The Morgan fingerprint density at radius 1 is 1.38 bits per heavy atom. The molecule has 7 nitrogen and oxygen atoms in total. The first-order chi connectivity index (χ1) is 13.9. The Kier molecular flexibility index (Phi) is 6.63. The standard InChI is InChI=1S/C19H16ClN3O4S2/c1-3-6-23-17(25)13(16(24)22-19(23)28)7-11-4-5-14(15(8-11)26-2)27-10-12-9-21-18(20)29-12/h3-5,7-9H,1,6,10H2,2H3,(H,22,24,28). The summed E-state index contributed by atoms with van der Waals surface area (Å²) >= 11 is 12.2. The molecule has 1 N–H and O–H groups in total. The predicted octanol–water partition coefficient (Wildman–Crippen LogP) is 3.20. The molecular weight excluding hydrogens is 434 g/mol. The summed E-state index contributed by atoms with van der Waals surface area (Å²) in [5, 5.41) is 2.56. The van der Waals surface area contributed by atoms with E-state index in [1.165, 1.54) is 35.5 Å². The highest BCUT2D eigenvalue weighted by molar-refractivity contribution is 7.80. The summed E-state index contributed by atoms with van der Waals surface area (Å²) in [5.41, 5.74) is 0.565. The van der Waals surface area contributed by atoms with E-state index < -0.39 is 11.8 Å². The second kappa shape index (κ2) is 9.17. The fourth-order valence-corrected chi connectivity index (χ4v) is 3.69. The van der Waals surface area contributed by atoms with Crippen LogP contribution in [0, 0.1) is 0 Å². The van der Waals surface area contributed by atoms with Crippen molar-refractivity contribution in [1.82, 2.24) is 15.2 Å². The zero-order valence-corrected chi connectivity index (χ0v) is 17.7. The van der Waals surface area contributed by atoms with E-state index in [2.05, 4.69) is 16.9 Å². The number of ether oxygens (including phenoxy) is 2. The molecule has 10 heteroatoms. The summed E-state index contributed by atoms with van der Waals surface area (Å²) in [6.45, 7) is 4.09. The molecule has 1 saturated heterocycles. The fourth-order valence-electron chi connectivity index (χ4n) is 2.55. The van der Waals surface area contributed by atoms with Crippen LogP contribution in [-0.2, 0) is 16.2 Å². The second-order valence-corrected chi connectivity index (χ2v) is 7.88. The highest BCUT2D eigenvalue weighted by Crippen LogP contribution is 2.31. The molecule has 150 valence electrons. The second-order valence-electron chi connectivity index (χ2n) is 5.80. The van der Waals surface area contributed by atoms with Crippen LogP contribution in [0.4, 0.5) is 0 Å². The minimum Gasteiger partial charge on any atom is -0.493 e. The van der Waals surface area contributed by atoms with Gasteiger partial charge in [-0.3, -0.25) is 19.8 Å². The Hall–Kier alpha value is -2.75. The molecule has 2 heterocycles. The Bertz CT molecular complexity index is 1020. The number of amides is 2. The number of carbonyl (C=O) groups excluding carboxylic acids is 2. The van der Waals surface area contributed by atoms with Gasteiger partial charge in [-0.1, -0.05) is 23.7 Å². The molecule has 3 rings (SSSR count). The van der Waals surface area contributed by atoms with Crippen LogP contribution in [0.5, 0.6) is 11.5 Å². The van der Waals surface area contributed by atoms with Gasteiger partial charge in [0.1, 0.15) is 12.2 Å². The van der Waals surface area contributed by atoms with E-state index in [1.54, 1.807) is 24.4 Å². The number of thiazole rings is 1. The molecule has 0 saturated carbocycles. The van der Waals surface area contributed by atoms with Gasteiger partial charge in [0.15, 0.2) is 21.1 Å². The molecule has 1 fully saturated rings. The van der Waals surface area contributed by atoms with Gasteiger partial charge in [-0.15, -0.1) is 17.9 Å². The highest BCUT2D eigenvalue weighted by atomic mass is 35.5. The first-order valence-electron chi connectivity index (χ1n) is 8.33. The van der Waals surface area contributed by atoms with Crippen molar-refractivity contribution in [3.05, 3.63) is 57.5 Å². The van der Waals surface area contributed by atoms with Crippen molar-refractivity contribution in [1.29, 1.82) is 0 Å². The van der Waals surface area contributed by atoms with Gasteiger partial charge in [-0.2, -0.15) is 0 Å². The maximum absolute atomic E-state index is 12.6. The lowest BCUT2D eigenvalue weighted by Crippen LogP contribution is -2.53. The average Bonchev–Trinajstić information content (AvgIpc) is 3.12. The normalized spacial score (nSPS) is 15.4. The van der Waals surface area contributed by atoms with Crippen molar-refractivity contribution in [3.8, 4) is 11.5 Å². The smallest absolute Gasteiger partial charge is 0.265 e. The van der Waals surface area contributed by atoms with E-state index in [9.17, 15) is 9.59 Å². The number of aromatic nitrogens is 1. The van der Waals surface area contributed by atoms with Crippen LogP contribution in [0.25, 0.3) is 6.08 Å². The number of methoxy groups -OCH3 is 1. The Morgan fingerprint density at radius 2 is 2.17 bits per heavy atom. The topological polar surface area (TPSA) is 80.8 Å². The number of carbonyl (C=O) groups is 2. The number of benzene rings is 1. The molecule has 0 unspecified atom stereocenters. The molecule has 2 aromatic rings. The van der Waals surface area contributed by atoms with Crippen LogP contribution in [-0.4, -0.2) is 40.5 Å². The molecule has 1 aromatic heterocycles. The van der Waals surface area contributed by atoms with Crippen molar-refractivity contribution >= 4 is 58.2 Å². The molecular formula is C19H16ClN3O4S2. The first kappa shape index (κ1) is 21.0. The Morgan fingerprint density at radius 3 is 2.83 bits per heavy atom. The Labute approximate surface area is 181 Å². The molecule has 29 heavy (non-hydrogen) atoms. The number of nitrogens with zero attached hydrogens (tertiary/aromatic N) is 2. The molecule has 0 aliphatic carbocycles. The van der Waals surface area contributed by atoms with Crippen LogP contribution >= 0.6 is 35.2 Å². The van der Waals surface area contributed by atoms with E-state index in [1.807, 2.05) is 0 Å². The minimum atomic E-state index is -0.554. The van der Waals surface area contributed by atoms with Gasteiger partial charge in [0.05, 0.1) is 12.0 Å². The van der Waals surface area contributed by atoms with Crippen LogP contribution in [0.2, 0.25) is 4.47 Å². The van der Waals surface area contributed by atoms with Gasteiger partial charge in [-0.25, -0.2) is 4.98 Å². The SMILES string of the molecule is C=CCN1C(=O)C(=Cc2ccc(OCc3cnc(Cl)s3)c(OC)c2)C(=O)NC1=S. The zero-order chi connectivity index (χ0) is 21.0. The number of rotatable bonds is 7. The summed E-state index contributed by atoms with van der Waals surface area (Å²) in [5.74, 6) is -0.0770. The van der Waals surface area contributed by atoms with Crippen molar-refractivity contribution in [2.24, 2.45) is 0 Å². The quantitative estimate of drug-likeness (QED) is 0.302. The number of halogens is 1. The third-order valence-electron chi connectivity index (χ3n) is 3.89. The van der Waals surface area contributed by atoms with Gasteiger partial charge >= 0.3 is 0 Å². The van der Waals surface area contributed by atoms with E-state index in [0.29, 0.717) is 21.5 Å². The van der Waals surface area contributed by atoms with Crippen molar-refractivity contribution < 1.29 is 19.1 Å². The summed E-state index contributed by atoms with van der Waals surface area (Å²) in [6, 6.07) is 5.09. The number of hydrogen-bond acceptors (Lipinski definition) is 7. The van der Waals surface area contributed by atoms with Crippen LogP contribution in [0.1, 0.15) is 10.4 Å². The molecule has 1 aliphatic rings. The lowest BCUT2D eigenvalue weighted by Gasteiger charge is -2.27. The zero-order valence-electron chi connectivity index (χ0n) is 15.3. The molecule has 0 bridgehead atoms. The van der Waals surface area contributed by atoms with Crippen molar-refractivity contribution in [3.63, 3.8) is 0 Å². The van der Waals surface area contributed by atoms with Gasteiger partial charge in [0.25, 0.3) is 11.8 Å². The molecule has 2 amide bonds. The van der Waals surface area contributed by atoms with Gasteiger partial charge in [-0.05, 0) is 36.0 Å². The average molecular weight is 450 g/mol. The van der Waals surface area contributed by atoms with E-state index in [0.717, 1.165) is 4.88 Å². The maximum atomic E-state index is 12.6. The summed E-state index contributed by atoms with van der Waals surface area (Å²) in [7, 11) is 1.51. The predicted molar refractivity (Wildman–Crippen MR) is 115 cm³/mol. The largest absolute Gasteiger partial charge is 0.493 e. The number of hydrogen-bond donors (Lipinski definition) is 1. The maximum Gasteiger partial charge on any atom is 0.265 e. The molecule has 1 aromatic carbocycles. The molecule has 0 spiro atoms. The molecule has 0 atom stereocenters. The third-order valence-corrected chi connectivity index (χ3v) is 5.30. The minimum absolute atomic E-state index is 0.0320. The lowest BCUT2D eigenvalue weighted by atomic mass is 10.1. The van der Waals surface area contributed by atoms with Crippen LogP contribution in [0.3, 0.4) is 0 Å².